The van der Waals surface area contributed by atoms with Crippen LogP contribution in [0.3, 0.4) is 0 Å². The van der Waals surface area contributed by atoms with Crippen LogP contribution < -0.4 is 0 Å². The van der Waals surface area contributed by atoms with Crippen molar-refractivity contribution >= 4 is 5.78 Å². The van der Waals surface area contributed by atoms with Gasteiger partial charge in [0.1, 0.15) is 5.60 Å². The lowest BCUT2D eigenvalue weighted by Gasteiger charge is -2.60. The molecule has 0 bridgehead atoms. The molecule has 7 atom stereocenters. The summed E-state index contributed by atoms with van der Waals surface area (Å²) < 4.78 is 22.2. The zero-order valence-electron chi connectivity index (χ0n) is 18.7. The lowest BCUT2D eigenvalue weighted by molar-refractivity contribution is -0.121. The van der Waals surface area contributed by atoms with Crippen LogP contribution in [0.4, 0.5) is 0 Å². The third-order valence-corrected chi connectivity index (χ3v) is 8.70. The minimum Gasteiger partial charge on any atom is -0.377 e. The van der Waals surface area contributed by atoms with Gasteiger partial charge in [-0.2, -0.15) is 0 Å². The first-order chi connectivity index (χ1) is 12.9. The molecule has 0 aromatic carbocycles. The summed E-state index contributed by atoms with van der Waals surface area (Å²) in [5.74, 6) is 7.23. The lowest BCUT2D eigenvalue weighted by atomic mass is 9.45. The molecule has 0 unspecified atom stereocenters. The van der Waals surface area contributed by atoms with Gasteiger partial charge in [0.15, 0.2) is 5.78 Å². The Kier molecular flexibility index (Phi) is 3.07. The van der Waals surface area contributed by atoms with E-state index in [9.17, 15) is 9.90 Å². The highest BCUT2D eigenvalue weighted by molar-refractivity contribution is 5.91. The molecule has 4 aliphatic rings. The largest absolute Gasteiger partial charge is 0.377 e. The van der Waals surface area contributed by atoms with Crippen LogP contribution in [0.2, 0.25) is 0 Å². The number of carbonyl (C=O) groups excluding carboxylic acids is 1. The summed E-state index contributed by atoms with van der Waals surface area (Å²) in [6.45, 7) is 4.41. The molecule has 0 amide bonds. The molecule has 1 N–H and O–H groups in total. The summed E-state index contributed by atoms with van der Waals surface area (Å²) in [7, 11) is 0. The third kappa shape index (κ3) is 2.18. The lowest BCUT2D eigenvalue weighted by Crippen LogP contribution is -2.55. The van der Waals surface area contributed by atoms with E-state index in [0.29, 0.717) is 36.5 Å². The van der Waals surface area contributed by atoms with Gasteiger partial charge in [-0.25, -0.2) is 0 Å². The average molecular weight is 344 g/mol. The molecule has 0 aliphatic heterocycles. The second-order valence-electron chi connectivity index (χ2n) is 9.60. The molecule has 4 rings (SSSR count). The molecule has 136 valence electrons. The van der Waals surface area contributed by atoms with Crippen LogP contribution in [0.1, 0.15) is 76.7 Å². The van der Waals surface area contributed by atoms with Gasteiger partial charge in [0.2, 0.25) is 0 Å². The van der Waals surface area contributed by atoms with Gasteiger partial charge >= 0.3 is 0 Å². The molecule has 0 aromatic rings. The molecule has 25 heavy (non-hydrogen) atoms. The predicted molar refractivity (Wildman–Crippen MR) is 99.7 cm³/mol. The van der Waals surface area contributed by atoms with E-state index in [-0.39, 0.29) is 16.6 Å². The molecular formula is C23H32O2. The minimum atomic E-state index is -2.33. The first kappa shape index (κ1) is 14.0. The van der Waals surface area contributed by atoms with Crippen LogP contribution >= 0.6 is 0 Å². The highest BCUT2D eigenvalue weighted by atomic mass is 16.3. The summed E-state index contributed by atoms with van der Waals surface area (Å²) in [6.07, 6.45) is 7.94. The van der Waals surface area contributed by atoms with Crippen LogP contribution in [-0.2, 0) is 4.79 Å². The number of rotatable bonds is 0. The van der Waals surface area contributed by atoms with Crippen molar-refractivity contribution < 1.29 is 14.0 Å². The van der Waals surface area contributed by atoms with Gasteiger partial charge in [0.25, 0.3) is 0 Å². The molecule has 2 heteroatoms. The van der Waals surface area contributed by atoms with E-state index in [0.717, 1.165) is 32.1 Å². The second-order valence-corrected chi connectivity index (χ2v) is 9.60. The number of ketones is 1. The fourth-order valence-electron chi connectivity index (χ4n) is 7.31. The van der Waals surface area contributed by atoms with Crippen molar-refractivity contribution in [3.8, 4) is 11.8 Å². The SMILES string of the molecule is [2H]C([2H])([2H])C#C[C@]1(O)CC[C@H]2[C@@H]3C[C@H](C)C4=CC(=O)CC[C@]4(C)[C@H]3CC[C@@]21C. The fraction of sp³-hybridized carbons (Fsp3) is 0.783. The Morgan fingerprint density at radius 3 is 2.76 bits per heavy atom. The number of fused-ring (bicyclic) bond motifs is 5. The monoisotopic (exact) mass is 343 g/mol. The average Bonchev–Trinajstić information content (AvgIpc) is 2.87. The maximum Gasteiger partial charge on any atom is 0.155 e. The van der Waals surface area contributed by atoms with E-state index >= 15 is 0 Å². The van der Waals surface area contributed by atoms with Gasteiger partial charge in [-0.15, -0.1) is 5.92 Å². The van der Waals surface area contributed by atoms with Crippen molar-refractivity contribution in [3.63, 3.8) is 0 Å². The number of allylic oxidation sites excluding steroid dienone is 1. The van der Waals surface area contributed by atoms with Crippen molar-refractivity contribution in [1.29, 1.82) is 0 Å². The molecule has 0 aromatic heterocycles. The van der Waals surface area contributed by atoms with E-state index < -0.39 is 12.5 Å². The molecule has 0 saturated heterocycles. The highest BCUT2D eigenvalue weighted by Gasteiger charge is 2.64. The topological polar surface area (TPSA) is 37.3 Å². The molecule has 0 heterocycles. The Morgan fingerprint density at radius 2 is 2.00 bits per heavy atom. The van der Waals surface area contributed by atoms with Crippen LogP contribution in [0.25, 0.3) is 0 Å². The maximum atomic E-state index is 12.1. The number of aliphatic hydroxyl groups is 1. The van der Waals surface area contributed by atoms with E-state index in [1.54, 1.807) is 0 Å². The minimum absolute atomic E-state index is 0.0860. The van der Waals surface area contributed by atoms with E-state index in [2.05, 4.69) is 32.6 Å². The van der Waals surface area contributed by atoms with Gasteiger partial charge in [-0.05, 0) is 80.5 Å². The van der Waals surface area contributed by atoms with Gasteiger partial charge in [-0.1, -0.05) is 32.3 Å². The summed E-state index contributed by atoms with van der Waals surface area (Å²) in [4.78, 5) is 12.1. The summed E-state index contributed by atoms with van der Waals surface area (Å²) in [6, 6.07) is 0. The van der Waals surface area contributed by atoms with Gasteiger partial charge in [0, 0.05) is 15.9 Å². The summed E-state index contributed by atoms with van der Waals surface area (Å²) in [5, 5.41) is 11.4. The highest BCUT2D eigenvalue weighted by Crippen LogP contribution is 2.68. The number of hydrogen-bond donors (Lipinski definition) is 1. The zero-order chi connectivity index (χ0) is 20.5. The summed E-state index contributed by atoms with van der Waals surface area (Å²) in [5.41, 5.74) is -0.125. The first-order valence-corrected chi connectivity index (χ1v) is 9.91. The van der Waals surface area contributed by atoms with Crippen molar-refractivity contribution in [2.75, 3.05) is 0 Å². The van der Waals surface area contributed by atoms with Crippen LogP contribution in [-0.4, -0.2) is 16.5 Å². The second kappa shape index (κ2) is 5.46. The van der Waals surface area contributed by atoms with Crippen molar-refractivity contribution in [2.45, 2.75) is 78.2 Å². The van der Waals surface area contributed by atoms with Crippen molar-refractivity contribution in [1.82, 2.24) is 0 Å². The van der Waals surface area contributed by atoms with Gasteiger partial charge < -0.3 is 5.11 Å². The van der Waals surface area contributed by atoms with Gasteiger partial charge in [0.05, 0.1) is 0 Å². The molecule has 3 saturated carbocycles. The molecule has 4 aliphatic carbocycles. The first-order valence-electron chi connectivity index (χ1n) is 11.4. The van der Waals surface area contributed by atoms with Crippen LogP contribution in [0.15, 0.2) is 11.6 Å². The molecule has 3 fully saturated rings. The Morgan fingerprint density at radius 1 is 1.24 bits per heavy atom. The normalized spacial score (nSPS) is 53.8. The standard InChI is InChI=1S/C23H32O2/c1-5-9-23(25)12-8-19-17-13-15(2)20-14-16(24)6-10-21(20,3)18(17)7-11-22(19,23)4/h14-15,17-19,25H,6-8,10-13H2,1-4H3/t15-,17+,18-,19-,21+,22-,23-/m0/s1/i1D3. The van der Waals surface area contributed by atoms with Gasteiger partial charge in [-0.3, -0.25) is 4.79 Å². The molecular weight excluding hydrogens is 308 g/mol. The Bertz CT molecular complexity index is 788. The number of hydrogen-bond acceptors (Lipinski definition) is 2. The maximum absolute atomic E-state index is 12.1. The van der Waals surface area contributed by atoms with E-state index in [1.807, 2.05) is 6.08 Å². The zero-order valence-corrected chi connectivity index (χ0v) is 15.7. The Balaban J connectivity index is 1.69. The third-order valence-electron chi connectivity index (χ3n) is 8.70. The quantitative estimate of drug-likeness (QED) is 0.657. The molecule has 2 nitrogen and oxygen atoms in total. The molecule has 0 radical (unpaired) electrons. The number of carbonyl (C=O) groups is 1. The summed E-state index contributed by atoms with van der Waals surface area (Å²) >= 11 is 0. The van der Waals surface area contributed by atoms with E-state index in [4.69, 9.17) is 4.11 Å². The van der Waals surface area contributed by atoms with Crippen molar-refractivity contribution in [2.24, 2.45) is 34.5 Å². The van der Waals surface area contributed by atoms with Crippen LogP contribution in [0, 0.1) is 46.3 Å². The van der Waals surface area contributed by atoms with Crippen LogP contribution in [0.5, 0.6) is 0 Å². The molecule has 0 spiro atoms. The predicted octanol–water partition coefficient (Wildman–Crippen LogP) is 4.52. The van der Waals surface area contributed by atoms with E-state index in [1.165, 1.54) is 5.57 Å². The fourth-order valence-corrected chi connectivity index (χ4v) is 7.31. The smallest absolute Gasteiger partial charge is 0.155 e. The van der Waals surface area contributed by atoms with Crippen molar-refractivity contribution in [3.05, 3.63) is 11.6 Å². The Labute approximate surface area is 156 Å². The Hall–Kier alpha value is -1.07.